The van der Waals surface area contributed by atoms with Gasteiger partial charge in [0.2, 0.25) is 11.8 Å². The molecular weight excluding hydrogens is 418 g/mol. The van der Waals surface area contributed by atoms with E-state index in [4.69, 9.17) is 4.74 Å². The fourth-order valence-electron chi connectivity index (χ4n) is 3.15. The highest BCUT2D eigenvalue weighted by Crippen LogP contribution is 2.36. The number of hydrogen-bond acceptors (Lipinski definition) is 6. The maximum atomic E-state index is 12.4. The van der Waals surface area contributed by atoms with Crippen molar-refractivity contribution in [2.75, 3.05) is 33.3 Å². The zero-order valence-corrected chi connectivity index (χ0v) is 18.1. The lowest BCUT2D eigenvalue weighted by molar-refractivity contribution is -0.387. The maximum Gasteiger partial charge on any atom is 0.283 e. The van der Waals surface area contributed by atoms with Crippen LogP contribution in [0.25, 0.3) is 6.08 Å². The van der Waals surface area contributed by atoms with E-state index in [1.807, 2.05) is 12.1 Å². The quantitative estimate of drug-likeness (QED) is 0.387. The first-order valence-electron chi connectivity index (χ1n) is 9.70. The van der Waals surface area contributed by atoms with E-state index >= 15 is 0 Å². The monoisotopic (exact) mass is 441 g/mol. The number of nitrogens with zero attached hydrogens (tertiary/aromatic N) is 3. The lowest BCUT2D eigenvalue weighted by atomic mass is 10.2. The Labute approximate surface area is 184 Å². The summed E-state index contributed by atoms with van der Waals surface area (Å²) in [5.41, 5.74) is 0.548. The molecule has 0 radical (unpaired) electrons. The summed E-state index contributed by atoms with van der Waals surface area (Å²) in [4.78, 5) is 39.7. The number of nitro benzene ring substituents is 1. The van der Waals surface area contributed by atoms with Gasteiger partial charge in [0.25, 0.3) is 5.69 Å². The predicted octanol–water partition coefficient (Wildman–Crippen LogP) is 3.46. The molecule has 1 aliphatic rings. The SMILES string of the molecule is COc1ccc(Sc2ccc(/C=C/C(=O)N3CCN(C(C)=O)CC3)cc2[N+](=O)[O-])cc1. The van der Waals surface area contributed by atoms with Crippen LogP contribution in [-0.4, -0.2) is 59.8 Å². The van der Waals surface area contributed by atoms with Crippen molar-refractivity contribution >= 4 is 35.3 Å². The first-order chi connectivity index (χ1) is 14.9. The molecule has 0 atom stereocenters. The highest BCUT2D eigenvalue weighted by atomic mass is 32.2. The number of methoxy groups -OCH3 is 1. The molecule has 3 rings (SSSR count). The minimum Gasteiger partial charge on any atom is -0.497 e. The first kappa shape index (κ1) is 22.4. The number of piperazine rings is 1. The van der Waals surface area contributed by atoms with Gasteiger partial charge in [0.05, 0.1) is 16.9 Å². The Morgan fingerprint density at radius 2 is 1.71 bits per heavy atom. The minimum absolute atomic E-state index is 0.00236. The minimum atomic E-state index is -0.425. The molecule has 0 aliphatic carbocycles. The summed E-state index contributed by atoms with van der Waals surface area (Å²) in [6, 6.07) is 12.2. The van der Waals surface area contributed by atoms with Crippen LogP contribution in [-0.2, 0) is 9.59 Å². The molecule has 162 valence electrons. The highest BCUT2D eigenvalue weighted by Gasteiger charge is 2.21. The second-order valence-electron chi connectivity index (χ2n) is 6.93. The second kappa shape index (κ2) is 10.1. The Kier molecular flexibility index (Phi) is 7.30. The average Bonchev–Trinajstić information content (AvgIpc) is 2.78. The fraction of sp³-hybridized carbons (Fsp3) is 0.273. The third kappa shape index (κ3) is 5.85. The highest BCUT2D eigenvalue weighted by molar-refractivity contribution is 7.99. The predicted molar refractivity (Wildman–Crippen MR) is 118 cm³/mol. The van der Waals surface area contributed by atoms with Crippen molar-refractivity contribution in [1.29, 1.82) is 0 Å². The number of carbonyl (C=O) groups excluding carboxylic acids is 2. The normalized spacial score (nSPS) is 14.0. The molecule has 1 heterocycles. The van der Waals surface area contributed by atoms with Crippen molar-refractivity contribution in [2.24, 2.45) is 0 Å². The van der Waals surface area contributed by atoms with E-state index in [0.717, 1.165) is 4.90 Å². The average molecular weight is 442 g/mol. The van der Waals surface area contributed by atoms with E-state index in [2.05, 4.69) is 0 Å². The third-order valence-corrected chi connectivity index (χ3v) is 5.99. The van der Waals surface area contributed by atoms with Gasteiger partial charge >= 0.3 is 0 Å². The summed E-state index contributed by atoms with van der Waals surface area (Å²) in [5.74, 6) is 0.539. The molecule has 1 saturated heterocycles. The molecule has 0 bridgehead atoms. The molecule has 0 spiro atoms. The molecule has 0 N–H and O–H groups in total. The maximum absolute atomic E-state index is 12.4. The van der Waals surface area contributed by atoms with E-state index < -0.39 is 4.92 Å². The lowest BCUT2D eigenvalue weighted by Crippen LogP contribution is -2.49. The van der Waals surface area contributed by atoms with Crippen LogP contribution in [0.4, 0.5) is 5.69 Å². The molecule has 0 aromatic heterocycles. The fourth-order valence-corrected chi connectivity index (χ4v) is 4.05. The van der Waals surface area contributed by atoms with Crippen molar-refractivity contribution in [3.63, 3.8) is 0 Å². The summed E-state index contributed by atoms with van der Waals surface area (Å²) >= 11 is 1.29. The van der Waals surface area contributed by atoms with Gasteiger partial charge in [0.1, 0.15) is 5.75 Å². The summed E-state index contributed by atoms with van der Waals surface area (Å²) in [7, 11) is 1.58. The van der Waals surface area contributed by atoms with Gasteiger partial charge in [0, 0.05) is 50.1 Å². The molecule has 2 aromatic carbocycles. The third-order valence-electron chi connectivity index (χ3n) is 4.92. The van der Waals surface area contributed by atoms with Crippen molar-refractivity contribution < 1.29 is 19.2 Å². The number of amides is 2. The number of carbonyl (C=O) groups is 2. The topological polar surface area (TPSA) is 93.0 Å². The lowest BCUT2D eigenvalue weighted by Gasteiger charge is -2.33. The van der Waals surface area contributed by atoms with E-state index in [1.165, 1.54) is 30.8 Å². The Hall–Kier alpha value is -3.33. The van der Waals surface area contributed by atoms with Crippen LogP contribution in [0, 0.1) is 10.1 Å². The van der Waals surface area contributed by atoms with E-state index in [0.29, 0.717) is 42.4 Å². The number of benzene rings is 2. The van der Waals surface area contributed by atoms with E-state index in [1.54, 1.807) is 47.3 Å². The van der Waals surface area contributed by atoms with Crippen LogP contribution >= 0.6 is 11.8 Å². The Morgan fingerprint density at radius 1 is 1.06 bits per heavy atom. The van der Waals surface area contributed by atoms with E-state index in [9.17, 15) is 19.7 Å². The van der Waals surface area contributed by atoms with Crippen molar-refractivity contribution in [3.8, 4) is 5.75 Å². The Balaban J connectivity index is 1.69. The molecule has 9 heteroatoms. The molecule has 2 aromatic rings. The summed E-state index contributed by atoms with van der Waals surface area (Å²) in [6.07, 6.45) is 2.99. The molecule has 8 nitrogen and oxygen atoms in total. The van der Waals surface area contributed by atoms with Gasteiger partial charge in [-0.2, -0.15) is 0 Å². The molecule has 2 amide bonds. The van der Waals surface area contributed by atoms with Gasteiger partial charge in [-0.15, -0.1) is 0 Å². The molecule has 1 aliphatic heterocycles. The molecule has 31 heavy (non-hydrogen) atoms. The summed E-state index contributed by atoms with van der Waals surface area (Å²) in [6.45, 7) is 3.48. The van der Waals surface area contributed by atoms with Gasteiger partial charge in [-0.05, 0) is 42.0 Å². The number of nitro groups is 1. The van der Waals surface area contributed by atoms with Gasteiger partial charge in [-0.3, -0.25) is 19.7 Å². The van der Waals surface area contributed by atoms with Gasteiger partial charge in [0.15, 0.2) is 0 Å². The molecule has 0 unspecified atom stereocenters. The number of ether oxygens (including phenoxy) is 1. The van der Waals surface area contributed by atoms with Crippen LogP contribution in [0.5, 0.6) is 5.75 Å². The number of hydrogen-bond donors (Lipinski definition) is 0. The van der Waals surface area contributed by atoms with Crippen LogP contribution in [0.15, 0.2) is 58.3 Å². The van der Waals surface area contributed by atoms with Gasteiger partial charge in [-0.25, -0.2) is 0 Å². The Morgan fingerprint density at radius 3 is 2.29 bits per heavy atom. The smallest absolute Gasteiger partial charge is 0.283 e. The zero-order chi connectivity index (χ0) is 22.4. The van der Waals surface area contributed by atoms with Gasteiger partial charge < -0.3 is 14.5 Å². The number of rotatable bonds is 6. The zero-order valence-electron chi connectivity index (χ0n) is 17.3. The van der Waals surface area contributed by atoms with Crippen LogP contribution in [0.2, 0.25) is 0 Å². The first-order valence-corrected chi connectivity index (χ1v) is 10.5. The summed E-state index contributed by atoms with van der Waals surface area (Å²) in [5, 5.41) is 11.6. The van der Waals surface area contributed by atoms with E-state index in [-0.39, 0.29) is 17.5 Å². The van der Waals surface area contributed by atoms with Crippen LogP contribution < -0.4 is 4.74 Å². The van der Waals surface area contributed by atoms with Crippen LogP contribution in [0.3, 0.4) is 0 Å². The van der Waals surface area contributed by atoms with Crippen molar-refractivity contribution in [1.82, 2.24) is 9.80 Å². The van der Waals surface area contributed by atoms with Crippen molar-refractivity contribution in [2.45, 2.75) is 16.7 Å². The molecular formula is C22H23N3O5S. The molecule has 0 saturated carbocycles. The standard InChI is InChI=1S/C22H23N3O5S/c1-16(26)23-11-13-24(14-12-23)22(27)10-4-17-3-9-21(20(15-17)25(28)29)31-19-7-5-18(30-2)6-8-19/h3-10,15H,11-14H2,1-2H3/b10-4+. The van der Waals surface area contributed by atoms with Gasteiger partial charge in [-0.1, -0.05) is 17.8 Å². The second-order valence-corrected chi connectivity index (χ2v) is 8.04. The molecule has 1 fully saturated rings. The van der Waals surface area contributed by atoms with Crippen LogP contribution in [0.1, 0.15) is 12.5 Å². The largest absolute Gasteiger partial charge is 0.497 e. The summed E-state index contributed by atoms with van der Waals surface area (Å²) < 4.78 is 5.13. The van der Waals surface area contributed by atoms with Crippen molar-refractivity contribution in [3.05, 3.63) is 64.2 Å². The Bertz CT molecular complexity index is 999.